The van der Waals surface area contributed by atoms with Crippen molar-refractivity contribution in [2.45, 2.75) is 76.2 Å². The predicted octanol–water partition coefficient (Wildman–Crippen LogP) is 4.65. The maximum atomic E-state index is 15.0. The molecule has 264 valence electrons. The maximum Gasteiger partial charge on any atom is 0.264 e. The zero-order valence-electron chi connectivity index (χ0n) is 29.0. The zero-order chi connectivity index (χ0) is 35.8. The number of hydrogen-bond donors (Lipinski definition) is 3. The van der Waals surface area contributed by atoms with Crippen molar-refractivity contribution in [3.63, 3.8) is 0 Å². The molecule has 3 N–H and O–H groups in total. The van der Waals surface area contributed by atoms with Crippen LogP contribution in [0.1, 0.15) is 37.1 Å². The molecule has 4 aromatic rings. The van der Waals surface area contributed by atoms with Gasteiger partial charge in [0.2, 0.25) is 0 Å². The summed E-state index contributed by atoms with van der Waals surface area (Å²) in [6, 6.07) is 21.1. The Hall–Kier alpha value is -4.07. The van der Waals surface area contributed by atoms with Gasteiger partial charge >= 0.3 is 0 Å². The van der Waals surface area contributed by atoms with E-state index in [0.29, 0.717) is 30.1 Å². The standard InChI is InChI=1S/C37H44ClN5O6Si/c1-23-34(50(4,5)30-13-11-29(48-3)12-14-30)33(16-18-42-22-28(17-19-44)40-41-42)49-37(23)31-20-26(38)8-15-32(31)43(36(37)47)21-25-6-9-27(10-7-25)39-35(46)24(2)45/h6-15,20,22-24,33-34,44-45H,16-19,21H2,1-5H3,(H,39,46)/t23-,24-,33+,34-,37+/m0/s1. The molecule has 2 aliphatic heterocycles. The quantitative estimate of drug-likeness (QED) is 0.180. The molecule has 1 fully saturated rings. The van der Waals surface area contributed by atoms with Gasteiger partial charge in [-0.15, -0.1) is 5.10 Å². The molecule has 0 radical (unpaired) electrons. The molecule has 1 saturated heterocycles. The first kappa shape index (κ1) is 35.7. The Bertz CT molecular complexity index is 1850. The van der Waals surface area contributed by atoms with Gasteiger partial charge in [0.15, 0.2) is 5.60 Å². The van der Waals surface area contributed by atoms with E-state index in [1.165, 1.54) is 12.1 Å². The van der Waals surface area contributed by atoms with Crippen molar-refractivity contribution >= 4 is 48.1 Å². The summed E-state index contributed by atoms with van der Waals surface area (Å²) in [5.41, 5.74) is 2.43. The zero-order valence-corrected chi connectivity index (χ0v) is 30.7. The van der Waals surface area contributed by atoms with Crippen LogP contribution < -0.4 is 20.1 Å². The Kier molecular flexibility index (Phi) is 10.2. The number of halogens is 1. The van der Waals surface area contributed by atoms with E-state index < -0.39 is 25.7 Å². The number of ether oxygens (including phenoxy) is 2. The fraction of sp³-hybridized carbons (Fsp3) is 0.405. The van der Waals surface area contributed by atoms with Gasteiger partial charge in [0.05, 0.1) is 39.2 Å². The number of aliphatic hydroxyl groups is 2. The van der Waals surface area contributed by atoms with E-state index in [1.54, 1.807) is 34.9 Å². The van der Waals surface area contributed by atoms with Crippen molar-refractivity contribution in [3.05, 3.63) is 94.8 Å². The minimum atomic E-state index is -2.35. The lowest BCUT2D eigenvalue weighted by molar-refractivity contribution is -0.146. The molecule has 2 aliphatic rings. The molecule has 2 amide bonds. The van der Waals surface area contributed by atoms with Crippen LogP contribution in [0.15, 0.2) is 72.9 Å². The molecule has 13 heteroatoms. The van der Waals surface area contributed by atoms with E-state index in [1.807, 2.05) is 42.6 Å². The highest BCUT2D eigenvalue weighted by molar-refractivity contribution is 6.91. The van der Waals surface area contributed by atoms with Gasteiger partial charge in [-0.1, -0.05) is 66.3 Å². The third-order valence-electron chi connectivity index (χ3n) is 10.3. The third kappa shape index (κ3) is 6.58. The number of nitrogens with zero attached hydrogens (tertiary/aromatic N) is 4. The van der Waals surface area contributed by atoms with Gasteiger partial charge in [-0.2, -0.15) is 0 Å². The summed E-state index contributed by atoms with van der Waals surface area (Å²) >= 11 is 6.65. The van der Waals surface area contributed by atoms with Crippen LogP contribution in [0, 0.1) is 5.92 Å². The lowest BCUT2D eigenvalue weighted by Gasteiger charge is -2.37. The summed E-state index contributed by atoms with van der Waals surface area (Å²) in [5, 5.41) is 31.9. The highest BCUT2D eigenvalue weighted by Gasteiger charge is 2.66. The number of aryl methyl sites for hydroxylation is 1. The van der Waals surface area contributed by atoms with E-state index in [0.717, 1.165) is 28.3 Å². The molecule has 0 unspecified atom stereocenters. The Morgan fingerprint density at radius 3 is 2.52 bits per heavy atom. The minimum absolute atomic E-state index is 0.00152. The van der Waals surface area contributed by atoms with Crippen LogP contribution in [0.3, 0.4) is 0 Å². The SMILES string of the molecule is COc1ccc([Si](C)(C)[C@@H]2[C@@H](CCn3cc(CCO)nn3)O[C@]3(C(=O)N(Cc4ccc(NC(=O)[C@H](C)O)cc4)c4ccc(Cl)cc43)[C@H]2C)cc1. The van der Waals surface area contributed by atoms with Gasteiger partial charge in [-0.3, -0.25) is 14.3 Å². The summed E-state index contributed by atoms with van der Waals surface area (Å²) in [5.74, 6) is -0.0422. The van der Waals surface area contributed by atoms with Crippen molar-refractivity contribution in [2.24, 2.45) is 5.92 Å². The number of carbonyl (C=O) groups excluding carboxylic acids is 2. The van der Waals surface area contributed by atoms with Crippen LogP contribution in [-0.4, -0.2) is 71.0 Å². The Morgan fingerprint density at radius 2 is 1.86 bits per heavy atom. The first-order chi connectivity index (χ1) is 23.9. The van der Waals surface area contributed by atoms with Crippen LogP contribution in [0.2, 0.25) is 23.7 Å². The lowest BCUT2D eigenvalue weighted by Crippen LogP contribution is -2.51. The van der Waals surface area contributed by atoms with Crippen LogP contribution in [0.4, 0.5) is 11.4 Å². The van der Waals surface area contributed by atoms with Gasteiger partial charge in [-0.05, 0) is 66.9 Å². The topological polar surface area (TPSA) is 139 Å². The first-order valence-corrected chi connectivity index (χ1v) is 20.4. The van der Waals surface area contributed by atoms with Crippen LogP contribution in [0.25, 0.3) is 0 Å². The smallest absolute Gasteiger partial charge is 0.264 e. The van der Waals surface area contributed by atoms with Gasteiger partial charge in [0.25, 0.3) is 11.8 Å². The summed E-state index contributed by atoms with van der Waals surface area (Å²) in [6.45, 7) is 9.06. The highest BCUT2D eigenvalue weighted by Crippen LogP contribution is 2.60. The molecule has 3 aromatic carbocycles. The second-order valence-electron chi connectivity index (χ2n) is 13.8. The molecular formula is C37H44ClN5O6Si. The van der Waals surface area contributed by atoms with E-state index in [9.17, 15) is 15.0 Å². The normalized spacial score (nSPS) is 22.2. The van der Waals surface area contributed by atoms with Gasteiger partial charge in [0, 0.05) is 48.0 Å². The summed E-state index contributed by atoms with van der Waals surface area (Å²) in [6.07, 6.45) is 1.47. The third-order valence-corrected chi connectivity index (χ3v) is 14.9. The van der Waals surface area contributed by atoms with E-state index in [2.05, 4.69) is 47.8 Å². The molecule has 11 nitrogen and oxygen atoms in total. The van der Waals surface area contributed by atoms with Crippen molar-refractivity contribution in [1.29, 1.82) is 0 Å². The number of carbonyl (C=O) groups is 2. The fourth-order valence-corrected chi connectivity index (χ4v) is 12.0. The van der Waals surface area contributed by atoms with Crippen molar-refractivity contribution in [3.8, 4) is 5.75 Å². The predicted molar refractivity (Wildman–Crippen MR) is 194 cm³/mol. The molecule has 1 aromatic heterocycles. The van der Waals surface area contributed by atoms with Crippen molar-refractivity contribution in [1.82, 2.24) is 15.0 Å². The highest BCUT2D eigenvalue weighted by atomic mass is 35.5. The summed E-state index contributed by atoms with van der Waals surface area (Å²) in [7, 11) is -0.694. The van der Waals surface area contributed by atoms with Crippen LogP contribution in [-0.2, 0) is 39.4 Å². The second-order valence-corrected chi connectivity index (χ2v) is 18.9. The summed E-state index contributed by atoms with van der Waals surface area (Å²) in [4.78, 5) is 28.8. The van der Waals surface area contributed by atoms with Crippen LogP contribution in [0.5, 0.6) is 5.75 Å². The number of benzene rings is 3. The number of rotatable bonds is 12. The molecule has 1 spiro atoms. The van der Waals surface area contributed by atoms with Gasteiger partial charge < -0.3 is 29.9 Å². The van der Waals surface area contributed by atoms with Crippen molar-refractivity contribution in [2.75, 3.05) is 23.9 Å². The Labute approximate surface area is 298 Å². The molecular weight excluding hydrogens is 674 g/mol. The number of amides is 2. The van der Waals surface area contributed by atoms with Crippen molar-refractivity contribution < 1.29 is 29.3 Å². The van der Waals surface area contributed by atoms with E-state index >= 15 is 4.79 Å². The first-order valence-electron chi connectivity index (χ1n) is 16.9. The largest absolute Gasteiger partial charge is 0.497 e. The molecule has 3 heterocycles. The number of nitrogens with one attached hydrogen (secondary N) is 1. The Balaban J connectivity index is 1.36. The number of aliphatic hydroxyl groups excluding tert-OH is 2. The van der Waals surface area contributed by atoms with E-state index in [-0.39, 0.29) is 36.6 Å². The molecule has 0 aliphatic carbocycles. The molecule has 6 rings (SSSR count). The fourth-order valence-electron chi connectivity index (χ4n) is 7.77. The Morgan fingerprint density at radius 1 is 1.14 bits per heavy atom. The van der Waals surface area contributed by atoms with Gasteiger partial charge in [-0.25, -0.2) is 0 Å². The molecule has 5 atom stereocenters. The second kappa shape index (κ2) is 14.3. The number of methoxy groups -OCH3 is 1. The molecule has 0 saturated carbocycles. The maximum absolute atomic E-state index is 15.0. The summed E-state index contributed by atoms with van der Waals surface area (Å²) < 4.78 is 14.4. The lowest BCUT2D eigenvalue weighted by atomic mass is 9.82. The molecule has 50 heavy (non-hydrogen) atoms. The van der Waals surface area contributed by atoms with Crippen LogP contribution >= 0.6 is 11.6 Å². The van der Waals surface area contributed by atoms with E-state index in [4.69, 9.17) is 21.1 Å². The monoisotopic (exact) mass is 717 g/mol. The number of anilines is 2. The number of hydrogen-bond acceptors (Lipinski definition) is 8. The molecule has 0 bridgehead atoms. The van der Waals surface area contributed by atoms with Gasteiger partial charge in [0.1, 0.15) is 11.9 Å². The number of aromatic nitrogens is 3. The minimum Gasteiger partial charge on any atom is -0.497 e. The average Bonchev–Trinajstić information content (AvgIpc) is 3.74. The average molecular weight is 718 g/mol. The number of fused-ring (bicyclic) bond motifs is 2.